The maximum Gasteiger partial charge on any atom is 0.238 e. The van der Waals surface area contributed by atoms with Gasteiger partial charge in [-0.05, 0) is 62.3 Å². The number of allylic oxidation sites excluding steroid dienone is 2. The van der Waals surface area contributed by atoms with Crippen LogP contribution in [0.15, 0.2) is 41.5 Å². The Kier molecular flexibility index (Phi) is 8.11. The highest BCUT2D eigenvalue weighted by Crippen LogP contribution is 2.70. The van der Waals surface area contributed by atoms with Crippen LogP contribution in [0.4, 0.5) is 13.2 Å². The fourth-order valence-electron chi connectivity index (χ4n) is 8.97. The summed E-state index contributed by atoms with van der Waals surface area (Å²) in [7, 11) is 3.44. The number of carbonyl (C=O) groups is 3. The van der Waals surface area contributed by atoms with Gasteiger partial charge in [0.05, 0.1) is 35.9 Å². The number of rotatable bonds is 6. The van der Waals surface area contributed by atoms with Gasteiger partial charge in [-0.1, -0.05) is 41.4 Å². The number of nitrogens with zero attached hydrogens (tertiary/aromatic N) is 1. The van der Waals surface area contributed by atoms with Crippen LogP contribution in [-0.2, 0) is 14.4 Å². The van der Waals surface area contributed by atoms with Crippen molar-refractivity contribution in [2.24, 2.45) is 22.7 Å². The Balaban J connectivity index is 1.41. The average Bonchev–Trinajstić information content (AvgIpc) is 3.45. The van der Waals surface area contributed by atoms with Crippen LogP contribution in [0.3, 0.4) is 0 Å². The maximum absolute atomic E-state index is 16.0. The van der Waals surface area contributed by atoms with Crippen molar-refractivity contribution in [3.05, 3.63) is 57.9 Å². The van der Waals surface area contributed by atoms with Crippen molar-refractivity contribution < 1.29 is 27.6 Å². The Labute approximate surface area is 265 Å². The number of carbonyl (C=O) groups excluding carboxylic acids is 3. The normalized spacial score (nSPS) is 34.7. The van der Waals surface area contributed by atoms with E-state index in [4.69, 9.17) is 23.2 Å². The number of fused-ring (bicyclic) bond motifs is 3. The molecular formula is C32H37Cl2F3N4O3. The lowest BCUT2D eigenvalue weighted by Gasteiger charge is -2.60. The zero-order valence-electron chi connectivity index (χ0n) is 24.6. The van der Waals surface area contributed by atoms with E-state index >= 15 is 4.39 Å². The fraction of sp³-hybridized carbons (Fsp3) is 0.594. The van der Waals surface area contributed by atoms with Crippen LogP contribution in [-0.4, -0.2) is 73.7 Å². The molecule has 5 aliphatic rings. The number of hydrogen-bond donors (Lipinski definition) is 3. The Bertz CT molecular complexity index is 1420. The van der Waals surface area contributed by atoms with Crippen LogP contribution in [0.25, 0.3) is 0 Å². The van der Waals surface area contributed by atoms with Crippen molar-refractivity contribution in [3.8, 4) is 0 Å². The highest BCUT2D eigenvalue weighted by atomic mass is 35.5. The monoisotopic (exact) mass is 652 g/mol. The lowest BCUT2D eigenvalue weighted by Crippen LogP contribution is -2.70. The summed E-state index contributed by atoms with van der Waals surface area (Å²) in [5.41, 5.74) is -3.93. The quantitative estimate of drug-likeness (QED) is 0.421. The molecule has 238 valence electrons. The van der Waals surface area contributed by atoms with E-state index in [2.05, 4.69) is 16.0 Å². The van der Waals surface area contributed by atoms with Crippen LogP contribution >= 0.6 is 23.2 Å². The van der Waals surface area contributed by atoms with Gasteiger partial charge < -0.3 is 15.5 Å². The largest absolute Gasteiger partial charge is 0.352 e. The molecule has 3 aliphatic carbocycles. The molecule has 2 unspecified atom stereocenters. The Morgan fingerprint density at radius 3 is 2.41 bits per heavy atom. The predicted octanol–water partition coefficient (Wildman–Crippen LogP) is 4.55. The molecule has 0 bridgehead atoms. The molecule has 3 amide bonds. The number of benzene rings is 1. The van der Waals surface area contributed by atoms with E-state index in [1.807, 2.05) is 0 Å². The molecule has 12 heteroatoms. The van der Waals surface area contributed by atoms with Crippen molar-refractivity contribution in [1.82, 2.24) is 20.9 Å². The SMILES string of the molecule is CN(C)C(=O)[C@H]1CC[C@H](NC(=O)[C@@H]2NC3(CC(CF)(CF)C3)[C@@]3(C(=O)NC4C=C(Cl)C=CC43)[C@H]2c2cccc(Cl)c2F)CC1. The summed E-state index contributed by atoms with van der Waals surface area (Å²) in [6.45, 7) is -1.86. The lowest BCUT2D eigenvalue weighted by atomic mass is 9.44. The highest BCUT2D eigenvalue weighted by Gasteiger charge is 2.80. The van der Waals surface area contributed by atoms with Gasteiger partial charge in [-0.3, -0.25) is 28.5 Å². The van der Waals surface area contributed by atoms with E-state index in [1.54, 1.807) is 43.3 Å². The van der Waals surface area contributed by atoms with Crippen molar-refractivity contribution in [1.29, 1.82) is 0 Å². The van der Waals surface area contributed by atoms with Crippen molar-refractivity contribution >= 4 is 40.9 Å². The highest BCUT2D eigenvalue weighted by molar-refractivity contribution is 6.31. The minimum atomic E-state index is -1.49. The summed E-state index contributed by atoms with van der Waals surface area (Å²) in [4.78, 5) is 42.7. The molecule has 1 aromatic carbocycles. The molecule has 44 heavy (non-hydrogen) atoms. The second-order valence-corrected chi connectivity index (χ2v) is 14.4. The van der Waals surface area contributed by atoms with Gasteiger partial charge >= 0.3 is 0 Å². The van der Waals surface area contributed by atoms with Crippen LogP contribution in [0.1, 0.15) is 50.0 Å². The molecule has 6 rings (SSSR count). The first-order valence-electron chi connectivity index (χ1n) is 15.1. The first-order valence-corrected chi connectivity index (χ1v) is 15.9. The second kappa shape index (κ2) is 11.4. The van der Waals surface area contributed by atoms with Crippen LogP contribution in [0, 0.1) is 28.5 Å². The summed E-state index contributed by atoms with van der Waals surface area (Å²) in [6, 6.07) is 2.60. The van der Waals surface area contributed by atoms with Crippen LogP contribution in [0.2, 0.25) is 5.02 Å². The van der Waals surface area contributed by atoms with Crippen molar-refractivity contribution in [2.75, 3.05) is 27.4 Å². The smallest absolute Gasteiger partial charge is 0.238 e. The third-order valence-electron chi connectivity index (χ3n) is 10.8. The molecule has 7 nitrogen and oxygen atoms in total. The standard InChI is InChI=1S/C32H37Cl2F3N4O3/c1-41(2)28(43)17-6-9-19(10-7-17)38-27(42)26-24(20-4-3-5-22(34)25(20)37)32(31(40-26)13-30(14-31,15-35)16-36)21-11-8-18(33)12-23(21)39-29(32)44/h3-5,8,11-12,17,19,21,23-24,26,40H,6-7,9-10,13-16H2,1-2H3,(H,38,42)(H,39,44)/t17-,19-,21?,23?,24-,26+,32+/m0/s1. The Morgan fingerprint density at radius 2 is 1.77 bits per heavy atom. The van der Waals surface area contributed by atoms with Crippen LogP contribution in [0.5, 0.6) is 0 Å². The molecule has 2 saturated heterocycles. The van der Waals surface area contributed by atoms with E-state index in [-0.39, 0.29) is 41.3 Å². The Hall–Kier alpha value is -2.56. The molecule has 2 aliphatic heterocycles. The zero-order valence-corrected chi connectivity index (χ0v) is 26.2. The van der Waals surface area contributed by atoms with Gasteiger partial charge in [0.2, 0.25) is 17.7 Å². The summed E-state index contributed by atoms with van der Waals surface area (Å²) in [5, 5.41) is 9.77. The third kappa shape index (κ3) is 4.61. The minimum absolute atomic E-state index is 0.0465. The molecule has 4 fully saturated rings. The minimum Gasteiger partial charge on any atom is -0.352 e. The van der Waals surface area contributed by atoms with Gasteiger partial charge in [-0.2, -0.15) is 0 Å². The van der Waals surface area contributed by atoms with E-state index < -0.39 is 71.3 Å². The zero-order chi connectivity index (χ0) is 31.6. The molecule has 0 aromatic heterocycles. The molecule has 5 atom stereocenters. The number of nitrogens with one attached hydrogen (secondary N) is 3. The molecule has 2 spiro atoms. The van der Waals surface area contributed by atoms with Gasteiger partial charge in [0.25, 0.3) is 0 Å². The van der Waals surface area contributed by atoms with E-state index in [0.29, 0.717) is 30.7 Å². The topological polar surface area (TPSA) is 90.5 Å². The van der Waals surface area contributed by atoms with Gasteiger partial charge in [0, 0.05) is 53.9 Å². The third-order valence-corrected chi connectivity index (χ3v) is 11.4. The molecule has 1 aromatic rings. The van der Waals surface area contributed by atoms with E-state index in [1.165, 1.54) is 12.1 Å². The lowest BCUT2D eigenvalue weighted by molar-refractivity contribution is -0.146. The first kappa shape index (κ1) is 31.4. The Morgan fingerprint density at radius 1 is 1.09 bits per heavy atom. The van der Waals surface area contributed by atoms with E-state index in [9.17, 15) is 23.2 Å². The van der Waals surface area contributed by atoms with Crippen LogP contribution < -0.4 is 16.0 Å². The summed E-state index contributed by atoms with van der Waals surface area (Å²) in [6.07, 6.45) is 7.45. The molecule has 0 radical (unpaired) electrons. The number of amides is 3. The summed E-state index contributed by atoms with van der Waals surface area (Å²) >= 11 is 12.6. The van der Waals surface area contributed by atoms with Crippen molar-refractivity contribution in [2.45, 2.75) is 68.1 Å². The number of hydrogen-bond acceptors (Lipinski definition) is 4. The molecule has 3 N–H and O–H groups in total. The van der Waals surface area contributed by atoms with Gasteiger partial charge in [-0.15, -0.1) is 0 Å². The number of halogens is 5. The van der Waals surface area contributed by atoms with E-state index in [0.717, 1.165) is 0 Å². The predicted molar refractivity (Wildman–Crippen MR) is 161 cm³/mol. The molecular weight excluding hydrogens is 616 g/mol. The van der Waals surface area contributed by atoms with Crippen molar-refractivity contribution in [3.63, 3.8) is 0 Å². The molecule has 2 heterocycles. The van der Waals surface area contributed by atoms with Gasteiger partial charge in [-0.25, -0.2) is 4.39 Å². The average molecular weight is 654 g/mol. The first-order chi connectivity index (χ1) is 20.9. The maximum atomic E-state index is 16.0. The number of alkyl halides is 2. The van der Waals surface area contributed by atoms with Gasteiger partial charge in [0.1, 0.15) is 5.82 Å². The molecule has 2 saturated carbocycles. The second-order valence-electron chi connectivity index (χ2n) is 13.5. The van der Waals surface area contributed by atoms with Gasteiger partial charge in [0.15, 0.2) is 0 Å². The summed E-state index contributed by atoms with van der Waals surface area (Å²) in [5.74, 6) is -3.32. The fourth-order valence-corrected chi connectivity index (χ4v) is 9.36. The summed E-state index contributed by atoms with van der Waals surface area (Å²) < 4.78 is 44.7.